The molecule has 216 valence electrons. The number of ether oxygens (including phenoxy) is 3. The number of rotatable bonds is 7. The predicted molar refractivity (Wildman–Crippen MR) is 155 cm³/mol. The molecule has 39 heavy (non-hydrogen) atoms. The van der Waals surface area contributed by atoms with Crippen LogP contribution in [-0.2, 0) is 27.5 Å². The van der Waals surface area contributed by atoms with Crippen molar-refractivity contribution in [3.05, 3.63) is 35.8 Å². The van der Waals surface area contributed by atoms with Gasteiger partial charge < -0.3 is 29.4 Å². The second-order valence-electron chi connectivity index (χ2n) is 12.2. The third-order valence-electron chi connectivity index (χ3n) is 6.26. The molecule has 0 unspecified atom stereocenters. The minimum Gasteiger partial charge on any atom is -0.453 e. The van der Waals surface area contributed by atoms with Gasteiger partial charge in [0.05, 0.1) is 18.8 Å². The van der Waals surface area contributed by atoms with Crippen molar-refractivity contribution in [2.45, 2.75) is 90.6 Å². The Hall–Kier alpha value is -2.89. The van der Waals surface area contributed by atoms with Crippen molar-refractivity contribution < 1.29 is 23.8 Å². The van der Waals surface area contributed by atoms with Crippen LogP contribution in [0, 0.1) is 0 Å². The molecule has 1 aliphatic rings. The average Bonchev–Trinajstić information content (AvgIpc) is 3.24. The first-order valence-electron chi connectivity index (χ1n) is 13.7. The molecule has 0 spiro atoms. The molecule has 1 aromatic carbocycles. The quantitative estimate of drug-likeness (QED) is 0.287. The molecule has 1 atom stereocenters. The number of carbonyl (C=O) groups excluding carboxylic acids is 2. The number of fused-ring (bicyclic) bond motifs is 4. The number of benzene rings is 1. The molecule has 3 N–H and O–H groups in total. The van der Waals surface area contributed by atoms with Gasteiger partial charge in [0.15, 0.2) is 0 Å². The smallest absolute Gasteiger partial charge is 0.411 e. The number of imidazole rings is 1. The Kier molecular flexibility index (Phi) is 10.6. The Morgan fingerprint density at radius 1 is 1.18 bits per heavy atom. The third-order valence-corrected chi connectivity index (χ3v) is 7.97. The fraction of sp³-hybridized carbons (Fsp3) is 0.607. The molecule has 0 aliphatic carbocycles. The zero-order valence-corrected chi connectivity index (χ0v) is 25.5. The van der Waals surface area contributed by atoms with E-state index in [1.807, 2.05) is 49.7 Å². The maximum atomic E-state index is 12.8. The van der Waals surface area contributed by atoms with Crippen LogP contribution in [0.15, 0.2) is 24.4 Å². The largest absolute Gasteiger partial charge is 0.453 e. The molecule has 0 radical (unpaired) electrons. The number of hydrogen-bond donors (Lipinski definition) is 3. The number of aromatic nitrogens is 2. The SMILES string of the molecule is COC(=O)Nc1ccc2c(c1)CNCCCC[C@H](NC(=O)OC(C)(C)C)c1nc-2cn1COCC[Si](C)(C)C. The standard InChI is InChI=1S/C28H45N5O5Si/c1-28(2,3)38-27(35)32-23-10-8-9-13-29-17-20-16-21(30-26(34)36-4)11-12-22(20)24-18-33(25(23)31-24)19-37-14-15-39(5,6)7/h11-12,16,18,23,29H,8-10,13-15,17,19H2,1-7H3,(H,30,34)(H,32,35)/t23-/m0/s1. The van der Waals surface area contributed by atoms with Gasteiger partial charge in [0.1, 0.15) is 18.2 Å². The molecule has 1 aromatic heterocycles. The van der Waals surface area contributed by atoms with E-state index < -0.39 is 25.9 Å². The summed E-state index contributed by atoms with van der Waals surface area (Å²) in [6.45, 7) is 15.0. The molecule has 0 saturated heterocycles. The molecular weight excluding hydrogens is 514 g/mol. The van der Waals surface area contributed by atoms with Crippen molar-refractivity contribution in [1.82, 2.24) is 20.2 Å². The fourth-order valence-electron chi connectivity index (χ4n) is 4.26. The molecular formula is C28H45N5O5Si. The lowest BCUT2D eigenvalue weighted by Gasteiger charge is -2.24. The van der Waals surface area contributed by atoms with Gasteiger partial charge in [-0.3, -0.25) is 5.32 Å². The van der Waals surface area contributed by atoms with E-state index in [2.05, 4.69) is 35.6 Å². The number of nitrogens with zero attached hydrogens (tertiary/aromatic N) is 2. The Balaban J connectivity index is 1.98. The maximum Gasteiger partial charge on any atom is 0.411 e. The van der Waals surface area contributed by atoms with Crippen molar-refractivity contribution in [2.75, 3.05) is 25.6 Å². The first-order chi connectivity index (χ1) is 18.3. The third kappa shape index (κ3) is 9.98. The van der Waals surface area contributed by atoms with Gasteiger partial charge in [-0.15, -0.1) is 0 Å². The summed E-state index contributed by atoms with van der Waals surface area (Å²) < 4.78 is 18.4. The van der Waals surface area contributed by atoms with E-state index >= 15 is 0 Å². The predicted octanol–water partition coefficient (Wildman–Crippen LogP) is 5.88. The molecule has 2 aromatic rings. The second-order valence-corrected chi connectivity index (χ2v) is 17.8. The van der Waals surface area contributed by atoms with Gasteiger partial charge >= 0.3 is 12.2 Å². The topological polar surface area (TPSA) is 116 Å². The number of anilines is 1. The molecule has 3 rings (SSSR count). The highest BCUT2D eigenvalue weighted by Crippen LogP contribution is 2.30. The summed E-state index contributed by atoms with van der Waals surface area (Å²) in [5.41, 5.74) is 2.76. The highest BCUT2D eigenvalue weighted by molar-refractivity contribution is 6.76. The monoisotopic (exact) mass is 559 g/mol. The highest BCUT2D eigenvalue weighted by atomic mass is 28.3. The Morgan fingerprint density at radius 2 is 1.95 bits per heavy atom. The van der Waals surface area contributed by atoms with Gasteiger partial charge in [0, 0.05) is 38.7 Å². The molecule has 2 bridgehead atoms. The van der Waals surface area contributed by atoms with Crippen LogP contribution in [-0.4, -0.2) is 55.7 Å². The van der Waals surface area contributed by atoms with Crippen molar-refractivity contribution >= 4 is 25.9 Å². The first-order valence-corrected chi connectivity index (χ1v) is 17.4. The van der Waals surface area contributed by atoms with Crippen molar-refractivity contribution in [3.63, 3.8) is 0 Å². The van der Waals surface area contributed by atoms with Crippen LogP contribution in [0.25, 0.3) is 11.3 Å². The van der Waals surface area contributed by atoms with Gasteiger partial charge in [-0.05, 0) is 70.3 Å². The van der Waals surface area contributed by atoms with Gasteiger partial charge in [-0.25, -0.2) is 14.6 Å². The van der Waals surface area contributed by atoms with Gasteiger partial charge in [0.2, 0.25) is 0 Å². The molecule has 0 saturated carbocycles. The van der Waals surface area contributed by atoms with E-state index in [4.69, 9.17) is 19.2 Å². The summed E-state index contributed by atoms with van der Waals surface area (Å²) in [5.74, 6) is 0.736. The Morgan fingerprint density at radius 3 is 2.64 bits per heavy atom. The first kappa shape index (κ1) is 30.6. The minimum absolute atomic E-state index is 0.336. The number of methoxy groups -OCH3 is 1. The lowest BCUT2D eigenvalue weighted by atomic mass is 10.0. The second kappa shape index (κ2) is 13.4. The van der Waals surface area contributed by atoms with E-state index in [1.165, 1.54) is 7.11 Å². The van der Waals surface area contributed by atoms with Crippen molar-refractivity contribution in [3.8, 4) is 11.3 Å². The molecule has 0 fully saturated rings. The van der Waals surface area contributed by atoms with Crippen LogP contribution < -0.4 is 16.0 Å². The summed E-state index contributed by atoms with van der Waals surface area (Å²) in [5, 5.41) is 9.30. The van der Waals surface area contributed by atoms with Crippen LogP contribution >= 0.6 is 0 Å². The Bertz CT molecular complexity index is 1120. The van der Waals surface area contributed by atoms with Crippen LogP contribution in [0.4, 0.5) is 15.3 Å². The lowest BCUT2D eigenvalue weighted by molar-refractivity contribution is 0.0487. The van der Waals surface area contributed by atoms with Crippen LogP contribution in [0.5, 0.6) is 0 Å². The van der Waals surface area contributed by atoms with Crippen LogP contribution in [0.1, 0.15) is 57.5 Å². The summed E-state index contributed by atoms with van der Waals surface area (Å²) in [6, 6.07) is 6.45. The molecule has 11 heteroatoms. The van der Waals surface area contributed by atoms with Gasteiger partial charge in [-0.2, -0.15) is 0 Å². The number of nitrogens with one attached hydrogen (secondary N) is 3. The van der Waals surface area contributed by atoms with E-state index in [1.54, 1.807) is 0 Å². The maximum absolute atomic E-state index is 12.8. The molecule has 10 nitrogen and oxygen atoms in total. The van der Waals surface area contributed by atoms with Crippen molar-refractivity contribution in [2.24, 2.45) is 0 Å². The summed E-state index contributed by atoms with van der Waals surface area (Å²) in [4.78, 5) is 29.6. The van der Waals surface area contributed by atoms with Crippen molar-refractivity contribution in [1.29, 1.82) is 0 Å². The normalized spacial score (nSPS) is 16.3. The van der Waals surface area contributed by atoms with E-state index in [0.717, 1.165) is 54.5 Å². The summed E-state index contributed by atoms with van der Waals surface area (Å²) >= 11 is 0. The Labute approximate surface area is 233 Å². The summed E-state index contributed by atoms with van der Waals surface area (Å²) in [7, 11) is 0.104. The molecule has 2 amide bonds. The van der Waals surface area contributed by atoms with Gasteiger partial charge in [0.25, 0.3) is 0 Å². The van der Waals surface area contributed by atoms with E-state index in [9.17, 15) is 9.59 Å². The number of carbonyl (C=O) groups is 2. The lowest BCUT2D eigenvalue weighted by Crippen LogP contribution is -2.36. The number of alkyl carbamates (subject to hydrolysis) is 1. The zero-order chi connectivity index (χ0) is 28.6. The van der Waals surface area contributed by atoms with Crippen LogP contribution in [0.3, 0.4) is 0 Å². The molecule has 1 aliphatic heterocycles. The fourth-order valence-corrected chi connectivity index (χ4v) is 5.01. The molecule has 2 heterocycles. The minimum atomic E-state index is -1.24. The summed E-state index contributed by atoms with van der Waals surface area (Å²) in [6.07, 6.45) is 3.55. The number of amides is 2. The van der Waals surface area contributed by atoms with Gasteiger partial charge in [-0.1, -0.05) is 25.7 Å². The van der Waals surface area contributed by atoms with E-state index in [-0.39, 0.29) is 6.04 Å². The zero-order valence-electron chi connectivity index (χ0n) is 24.5. The van der Waals surface area contributed by atoms with Crippen LogP contribution in [0.2, 0.25) is 25.7 Å². The van der Waals surface area contributed by atoms with E-state index in [0.29, 0.717) is 25.6 Å². The number of hydrogen-bond acceptors (Lipinski definition) is 7. The highest BCUT2D eigenvalue weighted by Gasteiger charge is 2.26. The average molecular weight is 560 g/mol.